The molecule has 0 saturated carbocycles. The zero-order chi connectivity index (χ0) is 14.7. The molecule has 0 atom stereocenters. The van der Waals surface area contributed by atoms with E-state index >= 15 is 0 Å². The molecule has 0 aliphatic rings. The summed E-state index contributed by atoms with van der Waals surface area (Å²) in [7, 11) is 0. The second-order valence-electron chi connectivity index (χ2n) is 3.99. The lowest BCUT2D eigenvalue weighted by molar-refractivity contribution is 0.0517. The van der Waals surface area contributed by atoms with Crippen molar-refractivity contribution in [3.05, 3.63) is 41.3 Å². The number of carbonyl (C=O) groups excluding carboxylic acids is 1. The zero-order valence-corrected chi connectivity index (χ0v) is 11.7. The Hall–Kier alpha value is -1.89. The fourth-order valence-electron chi connectivity index (χ4n) is 1.83. The molecule has 1 aromatic heterocycles. The lowest BCUT2D eigenvalue weighted by Gasteiger charge is -2.02. The molecule has 0 N–H and O–H groups in total. The first-order chi connectivity index (χ1) is 9.58. The van der Waals surface area contributed by atoms with E-state index in [1.165, 1.54) is 24.3 Å². The van der Waals surface area contributed by atoms with Crippen LogP contribution in [0, 0.1) is 12.7 Å². The maximum absolute atomic E-state index is 12.9. The lowest BCUT2D eigenvalue weighted by atomic mass is 10.1. The van der Waals surface area contributed by atoms with Crippen molar-refractivity contribution in [1.82, 2.24) is 9.19 Å². The molecule has 0 aliphatic heterocycles. The summed E-state index contributed by atoms with van der Waals surface area (Å²) in [5, 5.41) is 4.01. The van der Waals surface area contributed by atoms with Crippen LogP contribution in [0.4, 0.5) is 8.28 Å². The standard InChI is InChI=1S/C13H12F2N2O2S/c1-3-19-13(18)12-8(2)11(16-17(12)20-15)9-4-6-10(14)7-5-9/h4-7H,3H2,1-2H3. The van der Waals surface area contributed by atoms with Gasteiger partial charge in [0.25, 0.3) is 0 Å². The Labute approximate surface area is 119 Å². The normalized spacial score (nSPS) is 10.6. The van der Waals surface area contributed by atoms with Crippen LogP contribution in [0.15, 0.2) is 24.3 Å². The molecular formula is C13H12F2N2O2S. The van der Waals surface area contributed by atoms with Gasteiger partial charge in [-0.2, -0.15) is 9.19 Å². The maximum Gasteiger partial charge on any atom is 0.358 e. The van der Waals surface area contributed by atoms with Crippen molar-refractivity contribution in [1.29, 1.82) is 0 Å². The third-order valence-electron chi connectivity index (χ3n) is 2.74. The molecular weight excluding hydrogens is 286 g/mol. The van der Waals surface area contributed by atoms with E-state index in [9.17, 15) is 13.1 Å². The van der Waals surface area contributed by atoms with Crippen molar-refractivity contribution in [3.8, 4) is 11.3 Å². The topological polar surface area (TPSA) is 44.1 Å². The Morgan fingerprint density at radius 3 is 2.60 bits per heavy atom. The van der Waals surface area contributed by atoms with Gasteiger partial charge in [-0.1, -0.05) is 0 Å². The molecule has 0 unspecified atom stereocenters. The summed E-state index contributed by atoms with van der Waals surface area (Å²) in [5.41, 5.74) is 1.54. The summed E-state index contributed by atoms with van der Waals surface area (Å²) >= 11 is -0.187. The molecule has 1 aromatic carbocycles. The number of carbonyl (C=O) groups is 1. The van der Waals surface area contributed by atoms with Gasteiger partial charge in [-0.05, 0) is 38.1 Å². The van der Waals surface area contributed by atoms with Gasteiger partial charge in [0.15, 0.2) is 18.0 Å². The first-order valence-electron chi connectivity index (χ1n) is 5.90. The van der Waals surface area contributed by atoms with Crippen LogP contribution in [-0.4, -0.2) is 21.8 Å². The van der Waals surface area contributed by atoms with Crippen LogP contribution >= 0.6 is 12.3 Å². The van der Waals surface area contributed by atoms with Crippen LogP contribution in [0.25, 0.3) is 11.3 Å². The molecule has 0 spiro atoms. The highest BCUT2D eigenvalue weighted by molar-refractivity contribution is 7.92. The summed E-state index contributed by atoms with van der Waals surface area (Å²) in [6.45, 7) is 3.49. The van der Waals surface area contributed by atoms with E-state index in [1.807, 2.05) is 0 Å². The van der Waals surface area contributed by atoms with Crippen LogP contribution in [-0.2, 0) is 4.74 Å². The average Bonchev–Trinajstić information content (AvgIpc) is 2.77. The predicted molar refractivity (Wildman–Crippen MR) is 72.4 cm³/mol. The van der Waals surface area contributed by atoms with Crippen molar-refractivity contribution >= 4 is 18.3 Å². The highest BCUT2D eigenvalue weighted by atomic mass is 32.2. The van der Waals surface area contributed by atoms with E-state index in [4.69, 9.17) is 4.74 Å². The van der Waals surface area contributed by atoms with Gasteiger partial charge in [-0.25, -0.2) is 9.18 Å². The van der Waals surface area contributed by atoms with Crippen LogP contribution in [0.5, 0.6) is 0 Å². The number of esters is 1. The van der Waals surface area contributed by atoms with Gasteiger partial charge in [0.2, 0.25) is 0 Å². The molecule has 4 nitrogen and oxygen atoms in total. The van der Waals surface area contributed by atoms with Crippen LogP contribution in [0.3, 0.4) is 0 Å². The molecule has 7 heteroatoms. The van der Waals surface area contributed by atoms with Crippen molar-refractivity contribution in [2.75, 3.05) is 6.61 Å². The largest absolute Gasteiger partial charge is 0.461 e. The Morgan fingerprint density at radius 1 is 1.40 bits per heavy atom. The summed E-state index contributed by atoms with van der Waals surface area (Å²) in [4.78, 5) is 11.8. The Kier molecular flexibility index (Phi) is 4.39. The molecule has 0 saturated heterocycles. The number of nitrogens with zero attached hydrogens (tertiary/aromatic N) is 2. The highest BCUT2D eigenvalue weighted by Gasteiger charge is 2.23. The van der Waals surface area contributed by atoms with E-state index < -0.39 is 5.97 Å². The Balaban J connectivity index is 2.50. The quantitative estimate of drug-likeness (QED) is 0.810. The molecule has 0 bridgehead atoms. The minimum Gasteiger partial charge on any atom is -0.461 e. The first-order valence-corrected chi connectivity index (χ1v) is 6.57. The number of benzene rings is 1. The molecule has 1 heterocycles. The van der Waals surface area contributed by atoms with Crippen LogP contribution in [0.1, 0.15) is 23.0 Å². The van der Waals surface area contributed by atoms with Gasteiger partial charge in [-0.15, -0.1) is 3.89 Å². The predicted octanol–water partition coefficient (Wildman–Crippen LogP) is 3.56. The van der Waals surface area contributed by atoms with Gasteiger partial charge in [-0.3, -0.25) is 0 Å². The molecule has 0 radical (unpaired) electrons. The second kappa shape index (κ2) is 6.04. The molecule has 2 aromatic rings. The van der Waals surface area contributed by atoms with Crippen LogP contribution < -0.4 is 0 Å². The smallest absolute Gasteiger partial charge is 0.358 e. The number of rotatable bonds is 4. The van der Waals surface area contributed by atoms with Gasteiger partial charge >= 0.3 is 5.97 Å². The molecule has 106 valence electrons. The average molecular weight is 298 g/mol. The van der Waals surface area contributed by atoms with Gasteiger partial charge in [0, 0.05) is 11.1 Å². The first kappa shape index (κ1) is 14.5. The number of aromatic nitrogens is 2. The molecule has 20 heavy (non-hydrogen) atoms. The summed E-state index contributed by atoms with van der Waals surface area (Å²) in [6, 6.07) is 5.60. The van der Waals surface area contributed by atoms with E-state index in [0.29, 0.717) is 16.8 Å². The maximum atomic E-state index is 12.9. The van der Waals surface area contributed by atoms with Crippen molar-refractivity contribution in [2.45, 2.75) is 13.8 Å². The van der Waals surface area contributed by atoms with Gasteiger partial charge in [0.05, 0.1) is 12.3 Å². The summed E-state index contributed by atoms with van der Waals surface area (Å²) in [5.74, 6) is -1.02. The number of ether oxygens (including phenoxy) is 1. The lowest BCUT2D eigenvalue weighted by Crippen LogP contribution is -2.10. The van der Waals surface area contributed by atoms with Crippen molar-refractivity contribution < 1.29 is 17.8 Å². The fourth-order valence-corrected chi connectivity index (χ4v) is 2.23. The van der Waals surface area contributed by atoms with Crippen molar-refractivity contribution in [2.24, 2.45) is 0 Å². The van der Waals surface area contributed by atoms with E-state index in [1.54, 1.807) is 13.8 Å². The minimum absolute atomic E-state index is 0.0404. The number of hydrogen-bond donors (Lipinski definition) is 0. The third kappa shape index (κ3) is 2.67. The summed E-state index contributed by atoms with van der Waals surface area (Å²) < 4.78 is 31.6. The summed E-state index contributed by atoms with van der Waals surface area (Å²) in [6.07, 6.45) is 0. The van der Waals surface area contributed by atoms with Gasteiger partial charge in [0.1, 0.15) is 5.82 Å². The van der Waals surface area contributed by atoms with Crippen molar-refractivity contribution in [3.63, 3.8) is 0 Å². The SMILES string of the molecule is CCOC(=O)c1c(C)c(-c2ccc(F)cc2)nn1SF. The van der Waals surface area contributed by atoms with E-state index in [2.05, 4.69) is 5.10 Å². The molecule has 0 aliphatic carbocycles. The molecule has 0 fully saturated rings. The second-order valence-corrected chi connectivity index (χ2v) is 4.48. The molecule has 2 rings (SSSR count). The van der Waals surface area contributed by atoms with E-state index in [-0.39, 0.29) is 30.5 Å². The van der Waals surface area contributed by atoms with E-state index in [0.717, 1.165) is 4.09 Å². The monoisotopic (exact) mass is 298 g/mol. The molecule has 0 amide bonds. The number of hydrogen-bond acceptors (Lipinski definition) is 4. The fraction of sp³-hybridized carbons (Fsp3) is 0.231. The zero-order valence-electron chi connectivity index (χ0n) is 10.9. The Bertz CT molecular complexity index is 626. The Morgan fingerprint density at radius 2 is 2.05 bits per heavy atom. The van der Waals surface area contributed by atoms with Crippen LogP contribution in [0.2, 0.25) is 0 Å². The number of halogens is 2. The van der Waals surface area contributed by atoms with Gasteiger partial charge < -0.3 is 4.74 Å². The highest BCUT2D eigenvalue weighted by Crippen LogP contribution is 2.28. The third-order valence-corrected chi connectivity index (χ3v) is 3.14. The minimum atomic E-state index is -0.643.